The fourth-order valence-corrected chi connectivity index (χ4v) is 2.96. The van der Waals surface area contributed by atoms with E-state index in [1.807, 2.05) is 32.2 Å². The van der Waals surface area contributed by atoms with Crippen molar-refractivity contribution in [3.8, 4) is 0 Å². The molecule has 0 spiro atoms. The topological polar surface area (TPSA) is 36.4 Å². The van der Waals surface area contributed by atoms with Crippen molar-refractivity contribution < 1.29 is 5.11 Å². The largest absolute Gasteiger partial charge is 0.389 e. The van der Waals surface area contributed by atoms with Crippen LogP contribution in [0.4, 0.5) is 5.69 Å². The van der Waals surface area contributed by atoms with Crippen LogP contribution in [0.25, 0.3) is 0 Å². The van der Waals surface area contributed by atoms with Crippen LogP contribution in [0.15, 0.2) is 28.1 Å². The number of thiazole rings is 1. The Kier molecular flexibility index (Phi) is 4.60. The van der Waals surface area contributed by atoms with E-state index in [4.69, 9.17) is 0 Å². The predicted octanol–water partition coefficient (Wildman–Crippen LogP) is 3.90. The highest BCUT2D eigenvalue weighted by atomic mass is 79.9. The van der Waals surface area contributed by atoms with Crippen LogP contribution in [0, 0.1) is 6.92 Å². The summed E-state index contributed by atoms with van der Waals surface area (Å²) in [6.07, 6.45) is -0.484. The number of benzene rings is 1. The molecule has 3 nitrogen and oxygen atoms in total. The Morgan fingerprint density at radius 1 is 1.47 bits per heavy atom. The van der Waals surface area contributed by atoms with Gasteiger partial charge in [0, 0.05) is 28.2 Å². The number of aromatic nitrogens is 1. The summed E-state index contributed by atoms with van der Waals surface area (Å²) in [7, 11) is 2.02. The van der Waals surface area contributed by atoms with Crippen molar-refractivity contribution in [2.24, 2.45) is 0 Å². The highest BCUT2D eigenvalue weighted by molar-refractivity contribution is 9.10. The molecule has 0 aliphatic carbocycles. The highest BCUT2D eigenvalue weighted by Crippen LogP contribution is 2.30. The average molecular weight is 341 g/mol. The van der Waals surface area contributed by atoms with Crippen molar-refractivity contribution in [3.05, 3.63) is 44.3 Å². The summed E-state index contributed by atoms with van der Waals surface area (Å²) in [5.74, 6) is 0. The van der Waals surface area contributed by atoms with Crippen LogP contribution < -0.4 is 4.90 Å². The third kappa shape index (κ3) is 3.55. The van der Waals surface area contributed by atoms with E-state index in [0.717, 1.165) is 33.0 Å². The first-order valence-electron chi connectivity index (χ1n) is 6.07. The molecule has 0 fully saturated rings. The quantitative estimate of drug-likeness (QED) is 0.916. The lowest BCUT2D eigenvalue weighted by Crippen LogP contribution is -2.19. The molecule has 1 unspecified atom stereocenters. The van der Waals surface area contributed by atoms with E-state index < -0.39 is 6.10 Å². The molecule has 0 saturated heterocycles. The van der Waals surface area contributed by atoms with E-state index in [1.165, 1.54) is 0 Å². The summed E-state index contributed by atoms with van der Waals surface area (Å²) in [6, 6.07) is 5.93. The van der Waals surface area contributed by atoms with E-state index in [-0.39, 0.29) is 0 Å². The first kappa shape index (κ1) is 14.5. The van der Waals surface area contributed by atoms with E-state index >= 15 is 0 Å². The zero-order chi connectivity index (χ0) is 14.0. The van der Waals surface area contributed by atoms with Gasteiger partial charge in [-0.1, -0.05) is 22.0 Å². The first-order chi connectivity index (χ1) is 8.97. The minimum Gasteiger partial charge on any atom is -0.389 e. The van der Waals surface area contributed by atoms with Gasteiger partial charge in [-0.25, -0.2) is 4.98 Å². The van der Waals surface area contributed by atoms with Crippen molar-refractivity contribution in [3.63, 3.8) is 0 Å². The molecule has 2 aromatic rings. The molecule has 0 saturated carbocycles. The number of aliphatic hydroxyl groups is 1. The maximum Gasteiger partial charge on any atom is 0.0898 e. The van der Waals surface area contributed by atoms with Crippen LogP contribution in [-0.4, -0.2) is 17.1 Å². The van der Waals surface area contributed by atoms with Gasteiger partial charge in [0.2, 0.25) is 0 Å². The van der Waals surface area contributed by atoms with Gasteiger partial charge in [-0.05, 0) is 26.0 Å². The number of hydrogen-bond donors (Lipinski definition) is 1. The van der Waals surface area contributed by atoms with Crippen molar-refractivity contribution in [2.45, 2.75) is 26.5 Å². The van der Waals surface area contributed by atoms with Gasteiger partial charge >= 0.3 is 0 Å². The lowest BCUT2D eigenvalue weighted by atomic mass is 10.1. The second-order valence-corrected chi connectivity index (χ2v) is 6.57. The van der Waals surface area contributed by atoms with Gasteiger partial charge < -0.3 is 10.0 Å². The standard InChI is InChI=1S/C14H17BrN2OS/c1-9(18)13-5-4-11(15)6-14(13)17(3)7-12-8-19-10(2)16-12/h4-6,8-9,18H,7H2,1-3H3. The Balaban J connectivity index is 2.27. The summed E-state index contributed by atoms with van der Waals surface area (Å²) < 4.78 is 1.01. The Labute approximate surface area is 126 Å². The third-order valence-electron chi connectivity index (χ3n) is 2.92. The third-order valence-corrected chi connectivity index (χ3v) is 4.24. The zero-order valence-electron chi connectivity index (χ0n) is 11.2. The summed E-state index contributed by atoms with van der Waals surface area (Å²) in [5.41, 5.74) is 3.01. The van der Waals surface area contributed by atoms with Crippen molar-refractivity contribution >= 4 is 33.0 Å². The fraction of sp³-hybridized carbons (Fsp3) is 0.357. The van der Waals surface area contributed by atoms with Gasteiger partial charge in [0.1, 0.15) is 0 Å². The van der Waals surface area contributed by atoms with Gasteiger partial charge in [-0.3, -0.25) is 0 Å². The SMILES string of the molecule is Cc1nc(CN(C)c2cc(Br)ccc2C(C)O)cs1. The number of aryl methyl sites for hydroxylation is 1. The minimum atomic E-state index is -0.484. The molecule has 0 aliphatic heterocycles. The molecule has 19 heavy (non-hydrogen) atoms. The van der Waals surface area contributed by atoms with E-state index in [2.05, 4.69) is 31.2 Å². The number of rotatable bonds is 4. The van der Waals surface area contributed by atoms with Gasteiger partial charge in [0.05, 0.1) is 23.4 Å². The number of aliphatic hydroxyl groups excluding tert-OH is 1. The van der Waals surface area contributed by atoms with Crippen molar-refractivity contribution in [2.75, 3.05) is 11.9 Å². The normalized spacial score (nSPS) is 12.5. The van der Waals surface area contributed by atoms with Crippen LogP contribution in [-0.2, 0) is 6.54 Å². The maximum absolute atomic E-state index is 9.86. The predicted molar refractivity (Wildman–Crippen MR) is 83.7 cm³/mol. The molecule has 2 rings (SSSR count). The van der Waals surface area contributed by atoms with Crippen LogP contribution in [0.2, 0.25) is 0 Å². The van der Waals surface area contributed by atoms with E-state index in [0.29, 0.717) is 0 Å². The van der Waals surface area contributed by atoms with Crippen LogP contribution >= 0.6 is 27.3 Å². The molecule has 0 bridgehead atoms. The summed E-state index contributed by atoms with van der Waals surface area (Å²) in [6.45, 7) is 4.53. The Hall–Kier alpha value is -0.910. The average Bonchev–Trinajstić information content (AvgIpc) is 2.74. The molecule has 0 radical (unpaired) electrons. The highest BCUT2D eigenvalue weighted by Gasteiger charge is 2.13. The van der Waals surface area contributed by atoms with Gasteiger partial charge in [-0.2, -0.15) is 0 Å². The minimum absolute atomic E-state index is 0.484. The van der Waals surface area contributed by atoms with E-state index in [9.17, 15) is 5.11 Å². The fourth-order valence-electron chi connectivity index (χ4n) is 2.01. The van der Waals surface area contributed by atoms with Crippen LogP contribution in [0.1, 0.15) is 29.3 Å². The van der Waals surface area contributed by atoms with Gasteiger partial charge in [0.15, 0.2) is 0 Å². The molecule has 0 amide bonds. The molecule has 5 heteroatoms. The smallest absolute Gasteiger partial charge is 0.0898 e. The molecular weight excluding hydrogens is 324 g/mol. The lowest BCUT2D eigenvalue weighted by molar-refractivity contribution is 0.199. The number of anilines is 1. The summed E-state index contributed by atoms with van der Waals surface area (Å²) in [5, 5.41) is 13.0. The molecular formula is C14H17BrN2OS. The second kappa shape index (κ2) is 6.03. The first-order valence-corrected chi connectivity index (χ1v) is 7.74. The summed E-state index contributed by atoms with van der Waals surface area (Å²) in [4.78, 5) is 6.59. The van der Waals surface area contributed by atoms with Crippen molar-refractivity contribution in [1.82, 2.24) is 4.98 Å². The summed E-state index contributed by atoms with van der Waals surface area (Å²) >= 11 is 5.14. The zero-order valence-corrected chi connectivity index (χ0v) is 13.6. The Morgan fingerprint density at radius 2 is 2.21 bits per heavy atom. The number of hydrogen-bond acceptors (Lipinski definition) is 4. The van der Waals surface area contributed by atoms with Gasteiger partial charge in [0.25, 0.3) is 0 Å². The number of halogens is 1. The van der Waals surface area contributed by atoms with Crippen molar-refractivity contribution in [1.29, 1.82) is 0 Å². The number of nitrogens with zero attached hydrogens (tertiary/aromatic N) is 2. The van der Waals surface area contributed by atoms with Gasteiger partial charge in [-0.15, -0.1) is 11.3 Å². The molecule has 1 aromatic heterocycles. The van der Waals surface area contributed by atoms with E-state index in [1.54, 1.807) is 18.3 Å². The molecule has 102 valence electrons. The molecule has 1 heterocycles. The molecule has 1 atom stereocenters. The Morgan fingerprint density at radius 3 is 2.79 bits per heavy atom. The molecule has 1 N–H and O–H groups in total. The Bertz CT molecular complexity index is 568. The second-order valence-electron chi connectivity index (χ2n) is 4.59. The molecule has 0 aliphatic rings. The monoisotopic (exact) mass is 340 g/mol. The lowest BCUT2D eigenvalue weighted by Gasteiger charge is -2.23. The van der Waals surface area contributed by atoms with Crippen LogP contribution in [0.5, 0.6) is 0 Å². The molecule has 1 aromatic carbocycles. The maximum atomic E-state index is 9.86. The van der Waals surface area contributed by atoms with Crippen LogP contribution in [0.3, 0.4) is 0 Å².